The van der Waals surface area contributed by atoms with Gasteiger partial charge in [-0.3, -0.25) is 4.79 Å². The summed E-state index contributed by atoms with van der Waals surface area (Å²) in [5, 5.41) is 2.74. The first-order valence-corrected chi connectivity index (χ1v) is 12.0. The molecular weight excluding hydrogens is 447 g/mol. The molecule has 0 saturated carbocycles. The molecule has 0 bridgehead atoms. The van der Waals surface area contributed by atoms with Crippen molar-refractivity contribution >= 4 is 12.0 Å². The van der Waals surface area contributed by atoms with Gasteiger partial charge in [0.15, 0.2) is 0 Å². The number of alkyl carbamates (subject to hydrolysis) is 1. The second-order valence-electron chi connectivity index (χ2n) is 9.85. The third-order valence-electron chi connectivity index (χ3n) is 5.77. The smallest absolute Gasteiger partial charge is 0.408 e. The largest absolute Gasteiger partial charge is 0.444 e. The highest BCUT2D eigenvalue weighted by atomic mass is 19.1. The number of nitrogens with one attached hydrogen (secondary N) is 1. The van der Waals surface area contributed by atoms with Crippen molar-refractivity contribution in [2.24, 2.45) is 0 Å². The summed E-state index contributed by atoms with van der Waals surface area (Å²) in [6.45, 7) is 10.0. The lowest BCUT2D eigenvalue weighted by Crippen LogP contribution is -2.52. The zero-order valence-electron chi connectivity index (χ0n) is 20.7. The zero-order valence-corrected chi connectivity index (χ0v) is 20.7. The highest BCUT2D eigenvalue weighted by Gasteiger charge is 2.38. The Balaban J connectivity index is 1.74. The third kappa shape index (κ3) is 8.21. The van der Waals surface area contributed by atoms with Gasteiger partial charge in [-0.05, 0) is 56.9 Å². The Hall–Kier alpha value is -3.19. The van der Waals surface area contributed by atoms with Crippen LogP contribution in [-0.4, -0.2) is 47.2 Å². The van der Waals surface area contributed by atoms with Crippen LogP contribution in [0, 0.1) is 5.82 Å². The molecule has 2 aromatic carbocycles. The van der Waals surface area contributed by atoms with Crippen LogP contribution in [0.25, 0.3) is 0 Å². The topological polar surface area (TPSA) is 67.9 Å². The van der Waals surface area contributed by atoms with E-state index in [1.165, 1.54) is 12.1 Å². The highest BCUT2D eigenvalue weighted by molar-refractivity contribution is 5.86. The maximum absolute atomic E-state index is 13.7. The number of carbonyl (C=O) groups excluding carboxylic acids is 2. The molecule has 7 heteroatoms. The molecule has 2 amide bonds. The molecule has 1 aliphatic rings. The number of benzene rings is 2. The minimum absolute atomic E-state index is 0.0862. The minimum atomic E-state index is -0.865. The van der Waals surface area contributed by atoms with Crippen molar-refractivity contribution < 1.29 is 23.5 Å². The molecule has 35 heavy (non-hydrogen) atoms. The van der Waals surface area contributed by atoms with Gasteiger partial charge in [0.05, 0.1) is 12.7 Å². The van der Waals surface area contributed by atoms with Gasteiger partial charge in [-0.25, -0.2) is 9.18 Å². The molecule has 1 saturated heterocycles. The Morgan fingerprint density at radius 1 is 1.14 bits per heavy atom. The van der Waals surface area contributed by atoms with Crippen molar-refractivity contribution in [1.29, 1.82) is 0 Å². The first kappa shape index (κ1) is 26.4. The van der Waals surface area contributed by atoms with E-state index in [0.717, 1.165) is 11.1 Å². The second-order valence-corrected chi connectivity index (χ2v) is 9.85. The molecule has 0 unspecified atom stereocenters. The number of halogens is 1. The first-order chi connectivity index (χ1) is 16.6. The van der Waals surface area contributed by atoms with Crippen LogP contribution in [-0.2, 0) is 27.3 Å². The monoisotopic (exact) mass is 482 g/mol. The predicted molar refractivity (Wildman–Crippen MR) is 133 cm³/mol. The van der Waals surface area contributed by atoms with Gasteiger partial charge in [-0.1, -0.05) is 48.5 Å². The van der Waals surface area contributed by atoms with Gasteiger partial charge in [0.25, 0.3) is 0 Å². The second kappa shape index (κ2) is 12.0. The highest BCUT2D eigenvalue weighted by Crippen LogP contribution is 2.26. The van der Waals surface area contributed by atoms with Crippen molar-refractivity contribution in [1.82, 2.24) is 10.2 Å². The van der Waals surface area contributed by atoms with Crippen LogP contribution in [0.4, 0.5) is 9.18 Å². The van der Waals surface area contributed by atoms with E-state index < -0.39 is 17.7 Å². The molecule has 0 radical (unpaired) electrons. The maximum Gasteiger partial charge on any atom is 0.408 e. The van der Waals surface area contributed by atoms with Crippen molar-refractivity contribution in [3.63, 3.8) is 0 Å². The first-order valence-electron chi connectivity index (χ1n) is 12.0. The molecule has 0 spiro atoms. The van der Waals surface area contributed by atoms with E-state index in [0.29, 0.717) is 26.0 Å². The molecule has 6 nitrogen and oxygen atoms in total. The van der Waals surface area contributed by atoms with E-state index in [4.69, 9.17) is 9.47 Å². The van der Waals surface area contributed by atoms with Gasteiger partial charge in [-0.2, -0.15) is 0 Å². The van der Waals surface area contributed by atoms with Gasteiger partial charge in [-0.15, -0.1) is 6.58 Å². The summed E-state index contributed by atoms with van der Waals surface area (Å²) in [5.41, 5.74) is 1.10. The van der Waals surface area contributed by atoms with Gasteiger partial charge in [0, 0.05) is 19.0 Å². The summed E-state index contributed by atoms with van der Waals surface area (Å²) in [4.78, 5) is 28.0. The van der Waals surface area contributed by atoms with E-state index >= 15 is 0 Å². The Morgan fingerprint density at radius 2 is 1.83 bits per heavy atom. The van der Waals surface area contributed by atoms with Crippen LogP contribution in [0.1, 0.15) is 44.7 Å². The Morgan fingerprint density at radius 3 is 2.46 bits per heavy atom. The minimum Gasteiger partial charge on any atom is -0.444 e. The van der Waals surface area contributed by atoms with E-state index in [2.05, 4.69) is 11.9 Å². The fourth-order valence-corrected chi connectivity index (χ4v) is 4.17. The molecule has 1 aliphatic heterocycles. The number of likely N-dealkylation sites (tertiary alicyclic amines) is 1. The number of hydrogen-bond donors (Lipinski definition) is 1. The molecule has 0 aromatic heterocycles. The molecule has 1 N–H and O–H groups in total. The van der Waals surface area contributed by atoms with Gasteiger partial charge < -0.3 is 19.7 Å². The van der Waals surface area contributed by atoms with E-state index in [1.807, 2.05) is 30.3 Å². The van der Waals surface area contributed by atoms with Gasteiger partial charge in [0.2, 0.25) is 5.91 Å². The van der Waals surface area contributed by atoms with E-state index in [1.54, 1.807) is 43.9 Å². The number of carbonyl (C=O) groups is 2. The van der Waals surface area contributed by atoms with Crippen molar-refractivity contribution in [3.05, 3.63) is 84.2 Å². The lowest BCUT2D eigenvalue weighted by Gasteiger charge is -2.29. The number of rotatable bonds is 9. The standard InChI is InChI=1S/C28H35FN2O4/c1-5-9-23-17-24(34-19-21-10-7-6-8-11-21)18-31(23)26(32)25(30-27(33)35-28(2,3)4)16-20-12-14-22(29)15-13-20/h5-8,10-15,23-25H,1,9,16-19H2,2-4H3,(H,30,33)/t23-,24+,25+/m0/s1. The Bertz CT molecular complexity index is 988. The van der Waals surface area contributed by atoms with Crippen LogP contribution in [0.2, 0.25) is 0 Å². The van der Waals surface area contributed by atoms with Crippen LogP contribution in [0.15, 0.2) is 67.3 Å². The van der Waals surface area contributed by atoms with Crippen LogP contribution in [0.5, 0.6) is 0 Å². The van der Waals surface area contributed by atoms with Gasteiger partial charge in [0.1, 0.15) is 17.5 Å². The molecule has 1 fully saturated rings. The molecular formula is C28H35FN2O4. The van der Waals surface area contributed by atoms with Crippen LogP contribution < -0.4 is 5.32 Å². The third-order valence-corrected chi connectivity index (χ3v) is 5.77. The lowest BCUT2D eigenvalue weighted by atomic mass is 10.0. The van der Waals surface area contributed by atoms with Crippen LogP contribution in [0.3, 0.4) is 0 Å². The number of ether oxygens (including phenoxy) is 2. The van der Waals surface area contributed by atoms with Crippen molar-refractivity contribution in [2.75, 3.05) is 6.54 Å². The normalized spacial score (nSPS) is 18.7. The quantitative estimate of drug-likeness (QED) is 0.510. The van der Waals surface area contributed by atoms with E-state index in [9.17, 15) is 14.0 Å². The fraction of sp³-hybridized carbons (Fsp3) is 0.429. The summed E-state index contributed by atoms with van der Waals surface area (Å²) < 4.78 is 24.9. The number of amides is 2. The number of nitrogens with zero attached hydrogens (tertiary/aromatic N) is 1. The van der Waals surface area contributed by atoms with Crippen LogP contribution >= 0.6 is 0 Å². The molecule has 1 heterocycles. The number of hydrogen-bond acceptors (Lipinski definition) is 4. The SMILES string of the molecule is C=CC[C@H]1C[C@@H](OCc2ccccc2)CN1C(=O)[C@@H](Cc1ccc(F)cc1)NC(=O)OC(C)(C)C. The molecule has 2 aromatic rings. The van der Waals surface area contributed by atoms with Gasteiger partial charge >= 0.3 is 6.09 Å². The summed E-state index contributed by atoms with van der Waals surface area (Å²) in [7, 11) is 0. The maximum atomic E-state index is 13.7. The predicted octanol–water partition coefficient (Wildman–Crippen LogP) is 5.02. The zero-order chi connectivity index (χ0) is 25.4. The summed E-state index contributed by atoms with van der Waals surface area (Å²) >= 11 is 0. The molecule has 3 atom stereocenters. The Kier molecular flexibility index (Phi) is 9.04. The van der Waals surface area contributed by atoms with E-state index in [-0.39, 0.29) is 30.3 Å². The average Bonchev–Trinajstić information content (AvgIpc) is 3.20. The fourth-order valence-electron chi connectivity index (χ4n) is 4.17. The Labute approximate surface area is 207 Å². The summed E-state index contributed by atoms with van der Waals surface area (Å²) in [6, 6.07) is 14.9. The lowest BCUT2D eigenvalue weighted by molar-refractivity contribution is -0.134. The molecule has 3 rings (SSSR count). The molecule has 188 valence electrons. The van der Waals surface area contributed by atoms with Crippen molar-refractivity contribution in [3.8, 4) is 0 Å². The van der Waals surface area contributed by atoms with Crippen molar-refractivity contribution in [2.45, 2.75) is 70.4 Å². The summed E-state index contributed by atoms with van der Waals surface area (Å²) in [5.74, 6) is -0.585. The molecule has 0 aliphatic carbocycles. The average molecular weight is 483 g/mol. The summed E-state index contributed by atoms with van der Waals surface area (Å²) in [6.07, 6.45) is 2.50.